The molecule has 0 aliphatic rings. The fourth-order valence-electron chi connectivity index (χ4n) is 2.84. The van der Waals surface area contributed by atoms with Crippen LogP contribution in [-0.2, 0) is 13.3 Å². The molecule has 8 nitrogen and oxygen atoms in total. The Balaban J connectivity index is 1.57. The lowest BCUT2D eigenvalue weighted by molar-refractivity contribution is 0.0932. The molecule has 3 aromatic rings. The van der Waals surface area contributed by atoms with Gasteiger partial charge in [0, 0.05) is 24.5 Å². The Morgan fingerprint density at radius 1 is 1.14 bits per heavy atom. The molecule has 0 saturated heterocycles. The molecule has 148 valence electrons. The molecule has 3 rings (SSSR count). The van der Waals surface area contributed by atoms with Crippen LogP contribution in [0.3, 0.4) is 0 Å². The molecule has 1 unspecified atom stereocenters. The Hall–Kier alpha value is -3.29. The van der Waals surface area contributed by atoms with E-state index in [4.69, 9.17) is 9.47 Å². The standard InChI is InChI=1S/C20H25N5O3/c1-5-24-12-18(15(3)22-24)14(2)21-20(26)19-10-11-25(23-19)13-28-17-8-6-16(27-4)7-9-17/h6-12,14H,5,13H2,1-4H3,(H,21,26). The summed E-state index contributed by atoms with van der Waals surface area (Å²) in [4.78, 5) is 12.5. The second-order valence-corrected chi connectivity index (χ2v) is 6.41. The highest BCUT2D eigenvalue weighted by Crippen LogP contribution is 2.18. The van der Waals surface area contributed by atoms with E-state index < -0.39 is 0 Å². The lowest BCUT2D eigenvalue weighted by atomic mass is 10.1. The van der Waals surface area contributed by atoms with Gasteiger partial charge in [0.15, 0.2) is 6.73 Å². The van der Waals surface area contributed by atoms with Gasteiger partial charge in [0.2, 0.25) is 0 Å². The van der Waals surface area contributed by atoms with Crippen molar-refractivity contribution in [2.45, 2.75) is 40.1 Å². The molecule has 0 aliphatic carbocycles. The molecule has 1 N–H and O–H groups in total. The normalized spacial score (nSPS) is 11.9. The van der Waals surface area contributed by atoms with Gasteiger partial charge in [-0.2, -0.15) is 10.2 Å². The minimum absolute atomic E-state index is 0.159. The number of aryl methyl sites for hydroxylation is 2. The van der Waals surface area contributed by atoms with Crippen LogP contribution in [0.25, 0.3) is 0 Å². The van der Waals surface area contributed by atoms with Crippen LogP contribution in [-0.4, -0.2) is 32.6 Å². The van der Waals surface area contributed by atoms with Crippen LogP contribution >= 0.6 is 0 Å². The van der Waals surface area contributed by atoms with Gasteiger partial charge >= 0.3 is 0 Å². The first-order valence-corrected chi connectivity index (χ1v) is 9.15. The van der Waals surface area contributed by atoms with Crippen molar-refractivity contribution in [3.05, 3.63) is 59.7 Å². The molecule has 1 atom stereocenters. The summed E-state index contributed by atoms with van der Waals surface area (Å²) in [5.74, 6) is 1.22. The average molecular weight is 383 g/mol. The number of carbonyl (C=O) groups is 1. The summed E-state index contributed by atoms with van der Waals surface area (Å²) in [6.07, 6.45) is 3.67. The number of nitrogens with one attached hydrogen (secondary N) is 1. The van der Waals surface area contributed by atoms with E-state index >= 15 is 0 Å². The molecule has 0 aliphatic heterocycles. The van der Waals surface area contributed by atoms with Crippen LogP contribution in [0.1, 0.15) is 41.6 Å². The molecule has 2 aromatic heterocycles. The second kappa shape index (κ2) is 8.60. The Morgan fingerprint density at radius 2 is 1.86 bits per heavy atom. The van der Waals surface area contributed by atoms with Gasteiger partial charge in [0.25, 0.3) is 5.91 Å². The van der Waals surface area contributed by atoms with E-state index in [0.29, 0.717) is 11.4 Å². The van der Waals surface area contributed by atoms with Crippen LogP contribution in [0.5, 0.6) is 11.5 Å². The number of hydrogen-bond acceptors (Lipinski definition) is 5. The van der Waals surface area contributed by atoms with Crippen molar-refractivity contribution in [3.63, 3.8) is 0 Å². The summed E-state index contributed by atoms with van der Waals surface area (Å²) in [7, 11) is 1.62. The molecule has 0 saturated carbocycles. The van der Waals surface area contributed by atoms with Crippen LogP contribution in [0.2, 0.25) is 0 Å². The number of ether oxygens (including phenoxy) is 2. The molecule has 0 bridgehead atoms. The third-order valence-electron chi connectivity index (χ3n) is 4.42. The number of aromatic nitrogens is 4. The Kier molecular flexibility index (Phi) is 5.98. The molecule has 2 heterocycles. The van der Waals surface area contributed by atoms with E-state index in [1.165, 1.54) is 0 Å². The second-order valence-electron chi connectivity index (χ2n) is 6.41. The molecule has 8 heteroatoms. The third kappa shape index (κ3) is 4.51. The Labute approximate surface area is 164 Å². The molecule has 1 amide bonds. The average Bonchev–Trinajstić information content (AvgIpc) is 3.33. The van der Waals surface area contributed by atoms with E-state index in [0.717, 1.165) is 23.6 Å². The monoisotopic (exact) mass is 383 g/mol. The van der Waals surface area contributed by atoms with Crippen LogP contribution in [0.4, 0.5) is 0 Å². The number of benzene rings is 1. The molecule has 1 aromatic carbocycles. The maximum Gasteiger partial charge on any atom is 0.272 e. The van der Waals surface area contributed by atoms with Crippen molar-refractivity contribution in [2.75, 3.05) is 7.11 Å². The number of carbonyl (C=O) groups excluding carboxylic acids is 1. The highest BCUT2D eigenvalue weighted by atomic mass is 16.5. The lowest BCUT2D eigenvalue weighted by Gasteiger charge is -2.12. The first-order chi connectivity index (χ1) is 13.5. The van der Waals surface area contributed by atoms with Crippen molar-refractivity contribution in [2.24, 2.45) is 0 Å². The zero-order chi connectivity index (χ0) is 20.1. The fourth-order valence-corrected chi connectivity index (χ4v) is 2.84. The molecular formula is C20H25N5O3. The Bertz CT molecular complexity index is 930. The van der Waals surface area contributed by atoms with Gasteiger partial charge in [-0.3, -0.25) is 9.48 Å². The van der Waals surface area contributed by atoms with Crippen LogP contribution < -0.4 is 14.8 Å². The maximum atomic E-state index is 12.5. The molecule has 0 fully saturated rings. The quantitative estimate of drug-likeness (QED) is 0.647. The number of nitrogens with zero attached hydrogens (tertiary/aromatic N) is 4. The van der Waals surface area contributed by atoms with Crippen molar-refractivity contribution in [1.82, 2.24) is 24.9 Å². The van der Waals surface area contributed by atoms with E-state index in [9.17, 15) is 4.79 Å². The zero-order valence-electron chi connectivity index (χ0n) is 16.5. The summed E-state index contributed by atoms with van der Waals surface area (Å²) < 4.78 is 14.2. The summed E-state index contributed by atoms with van der Waals surface area (Å²) >= 11 is 0. The highest BCUT2D eigenvalue weighted by Gasteiger charge is 2.17. The van der Waals surface area contributed by atoms with E-state index in [1.54, 1.807) is 24.1 Å². The largest absolute Gasteiger partial charge is 0.497 e. The van der Waals surface area contributed by atoms with Gasteiger partial charge in [0.1, 0.15) is 17.2 Å². The predicted molar refractivity (Wildman–Crippen MR) is 104 cm³/mol. The van der Waals surface area contributed by atoms with Gasteiger partial charge in [-0.25, -0.2) is 4.68 Å². The van der Waals surface area contributed by atoms with Gasteiger partial charge in [-0.05, 0) is 51.1 Å². The predicted octanol–water partition coefficient (Wildman–Crippen LogP) is 2.94. The van der Waals surface area contributed by atoms with Crippen molar-refractivity contribution < 1.29 is 14.3 Å². The zero-order valence-corrected chi connectivity index (χ0v) is 16.5. The molecule has 28 heavy (non-hydrogen) atoms. The lowest BCUT2D eigenvalue weighted by Crippen LogP contribution is -2.27. The number of methoxy groups -OCH3 is 1. The smallest absolute Gasteiger partial charge is 0.272 e. The first kappa shape index (κ1) is 19.5. The van der Waals surface area contributed by atoms with Gasteiger partial charge in [-0.15, -0.1) is 0 Å². The summed E-state index contributed by atoms with van der Waals surface area (Å²) in [5, 5.41) is 11.7. The van der Waals surface area contributed by atoms with Crippen LogP contribution in [0, 0.1) is 6.92 Å². The highest BCUT2D eigenvalue weighted by molar-refractivity contribution is 5.92. The molecule has 0 radical (unpaired) electrons. The van der Waals surface area contributed by atoms with Gasteiger partial charge < -0.3 is 14.8 Å². The minimum Gasteiger partial charge on any atom is -0.497 e. The Morgan fingerprint density at radius 3 is 2.50 bits per heavy atom. The van der Waals surface area contributed by atoms with Gasteiger partial charge in [0.05, 0.1) is 18.8 Å². The van der Waals surface area contributed by atoms with E-state index in [2.05, 4.69) is 15.5 Å². The number of rotatable bonds is 8. The van der Waals surface area contributed by atoms with Crippen LogP contribution in [0.15, 0.2) is 42.7 Å². The third-order valence-corrected chi connectivity index (χ3v) is 4.42. The molecular weight excluding hydrogens is 358 g/mol. The van der Waals surface area contributed by atoms with E-state index in [-0.39, 0.29) is 18.7 Å². The van der Waals surface area contributed by atoms with Crippen molar-refractivity contribution in [3.8, 4) is 11.5 Å². The summed E-state index contributed by atoms with van der Waals surface area (Å²) in [6.45, 7) is 6.90. The fraction of sp³-hybridized carbons (Fsp3) is 0.350. The summed E-state index contributed by atoms with van der Waals surface area (Å²) in [6, 6.07) is 8.78. The topological polar surface area (TPSA) is 83.2 Å². The summed E-state index contributed by atoms with van der Waals surface area (Å²) in [5.41, 5.74) is 2.25. The minimum atomic E-state index is -0.237. The number of hydrogen-bond donors (Lipinski definition) is 1. The van der Waals surface area contributed by atoms with Crippen molar-refractivity contribution in [1.29, 1.82) is 0 Å². The first-order valence-electron chi connectivity index (χ1n) is 9.15. The molecule has 0 spiro atoms. The van der Waals surface area contributed by atoms with E-state index in [1.807, 2.05) is 55.9 Å². The maximum absolute atomic E-state index is 12.5. The van der Waals surface area contributed by atoms with Crippen molar-refractivity contribution >= 4 is 5.91 Å². The number of amides is 1. The SMILES string of the molecule is CCn1cc(C(C)NC(=O)c2ccn(COc3ccc(OC)cc3)n2)c(C)n1. The van der Waals surface area contributed by atoms with Gasteiger partial charge in [-0.1, -0.05) is 0 Å².